The number of aromatic nitrogens is 4. The monoisotopic (exact) mass is 338 g/mol. The summed E-state index contributed by atoms with van der Waals surface area (Å²) in [7, 11) is 0. The summed E-state index contributed by atoms with van der Waals surface area (Å²) in [6.07, 6.45) is 5.17. The summed E-state index contributed by atoms with van der Waals surface area (Å²) < 4.78 is 0. The molecule has 1 fully saturated rings. The number of H-pyrrole nitrogens is 1. The van der Waals surface area contributed by atoms with Crippen molar-refractivity contribution in [2.45, 2.75) is 44.8 Å². The maximum absolute atomic E-state index is 9.70. The normalized spacial score (nSPS) is 20.6. The molecule has 0 radical (unpaired) electrons. The van der Waals surface area contributed by atoms with E-state index in [0.29, 0.717) is 11.9 Å². The molecule has 0 amide bonds. The number of pyridine rings is 2. The number of nitrogens with one attached hydrogen (secondary N) is 3. The highest BCUT2D eigenvalue weighted by molar-refractivity contribution is 5.91. The highest BCUT2D eigenvalue weighted by atomic mass is 16.3. The Bertz CT molecular complexity index is 869. The minimum Gasteiger partial charge on any atom is -0.393 e. The molecule has 0 unspecified atom stereocenters. The van der Waals surface area contributed by atoms with E-state index in [-0.39, 0.29) is 6.10 Å². The van der Waals surface area contributed by atoms with Crippen LogP contribution in [0.25, 0.3) is 10.9 Å². The van der Waals surface area contributed by atoms with Crippen LogP contribution in [0.1, 0.15) is 31.4 Å². The van der Waals surface area contributed by atoms with Crippen LogP contribution in [-0.2, 0) is 0 Å². The van der Waals surface area contributed by atoms with Gasteiger partial charge in [0.2, 0.25) is 0 Å². The van der Waals surface area contributed by atoms with Gasteiger partial charge in [-0.15, -0.1) is 0 Å². The molecular formula is C18H22N6O. The molecule has 1 aliphatic rings. The molecule has 4 N–H and O–H groups in total. The van der Waals surface area contributed by atoms with Crippen molar-refractivity contribution in [3.05, 3.63) is 36.2 Å². The fraction of sp³-hybridized carbons (Fsp3) is 0.389. The lowest BCUT2D eigenvalue weighted by Crippen LogP contribution is -2.28. The summed E-state index contributed by atoms with van der Waals surface area (Å²) in [6, 6.07) is 8.12. The maximum atomic E-state index is 9.70. The van der Waals surface area contributed by atoms with Crippen molar-refractivity contribution >= 4 is 28.4 Å². The van der Waals surface area contributed by atoms with E-state index in [4.69, 9.17) is 4.98 Å². The molecule has 3 aromatic heterocycles. The minimum absolute atomic E-state index is 0.166. The Balaban J connectivity index is 1.64. The Morgan fingerprint density at radius 3 is 2.76 bits per heavy atom. The number of hydrogen-bond acceptors (Lipinski definition) is 6. The van der Waals surface area contributed by atoms with Gasteiger partial charge in [0.25, 0.3) is 0 Å². The standard InChI is InChI=1S/C18H22N6O/c1-11-9-17(24-23-11)21-16-10-15-14(3-2-8-19-15)18(22-16)20-12-4-6-13(25)7-5-12/h2-3,8-10,12-13,25H,4-7H2,1H3,(H3,20,21,22,23,24)/t12-,13-. The Hall–Kier alpha value is -2.67. The van der Waals surface area contributed by atoms with Gasteiger partial charge in [-0.25, -0.2) is 4.98 Å². The molecule has 0 saturated heterocycles. The van der Waals surface area contributed by atoms with E-state index in [9.17, 15) is 5.11 Å². The number of aromatic amines is 1. The Kier molecular flexibility index (Phi) is 4.23. The zero-order valence-electron chi connectivity index (χ0n) is 14.2. The molecule has 7 heteroatoms. The summed E-state index contributed by atoms with van der Waals surface area (Å²) in [4.78, 5) is 9.21. The smallest absolute Gasteiger partial charge is 0.153 e. The van der Waals surface area contributed by atoms with E-state index in [1.54, 1.807) is 6.20 Å². The molecule has 0 aliphatic heterocycles. The van der Waals surface area contributed by atoms with E-state index in [0.717, 1.165) is 53.9 Å². The first-order valence-electron chi connectivity index (χ1n) is 8.67. The van der Waals surface area contributed by atoms with E-state index in [1.807, 2.05) is 31.2 Å². The molecule has 1 aliphatic carbocycles. The van der Waals surface area contributed by atoms with Crippen molar-refractivity contribution in [3.63, 3.8) is 0 Å². The van der Waals surface area contributed by atoms with Gasteiger partial charge < -0.3 is 15.7 Å². The number of anilines is 3. The van der Waals surface area contributed by atoms with Crippen molar-refractivity contribution in [1.82, 2.24) is 20.2 Å². The molecule has 7 nitrogen and oxygen atoms in total. The van der Waals surface area contributed by atoms with Crippen molar-refractivity contribution in [3.8, 4) is 0 Å². The third-order valence-corrected chi connectivity index (χ3v) is 4.60. The lowest BCUT2D eigenvalue weighted by molar-refractivity contribution is 0.126. The predicted molar refractivity (Wildman–Crippen MR) is 98.0 cm³/mol. The second-order valence-electron chi connectivity index (χ2n) is 6.64. The number of aryl methyl sites for hydroxylation is 1. The Morgan fingerprint density at radius 2 is 2.00 bits per heavy atom. The van der Waals surface area contributed by atoms with Gasteiger partial charge in [0, 0.05) is 35.5 Å². The summed E-state index contributed by atoms with van der Waals surface area (Å²) in [6.45, 7) is 1.96. The predicted octanol–water partition coefficient (Wildman–Crippen LogP) is 3.12. The molecule has 3 aromatic rings. The number of aliphatic hydroxyl groups is 1. The maximum Gasteiger partial charge on any atom is 0.153 e. The number of hydrogen-bond donors (Lipinski definition) is 4. The van der Waals surface area contributed by atoms with E-state index >= 15 is 0 Å². The molecule has 0 spiro atoms. The van der Waals surface area contributed by atoms with E-state index in [1.165, 1.54) is 0 Å². The molecule has 130 valence electrons. The van der Waals surface area contributed by atoms with E-state index in [2.05, 4.69) is 25.8 Å². The molecule has 4 rings (SSSR count). The first-order valence-corrected chi connectivity index (χ1v) is 8.67. The van der Waals surface area contributed by atoms with Crippen LogP contribution in [0, 0.1) is 6.92 Å². The summed E-state index contributed by atoms with van der Waals surface area (Å²) >= 11 is 0. The van der Waals surface area contributed by atoms with Crippen LogP contribution >= 0.6 is 0 Å². The largest absolute Gasteiger partial charge is 0.393 e. The number of fused-ring (bicyclic) bond motifs is 1. The fourth-order valence-corrected chi connectivity index (χ4v) is 3.28. The highest BCUT2D eigenvalue weighted by Crippen LogP contribution is 2.28. The second kappa shape index (κ2) is 6.68. The summed E-state index contributed by atoms with van der Waals surface area (Å²) in [5.74, 6) is 2.25. The SMILES string of the molecule is Cc1cc(Nc2cc3ncccc3c(N[C@H]3CC[C@H](O)CC3)n2)n[nH]1. The van der Waals surface area contributed by atoms with Gasteiger partial charge in [-0.05, 0) is 44.7 Å². The van der Waals surface area contributed by atoms with Gasteiger partial charge in [0.1, 0.15) is 11.6 Å². The van der Waals surface area contributed by atoms with Gasteiger partial charge in [-0.3, -0.25) is 10.1 Å². The van der Waals surface area contributed by atoms with E-state index < -0.39 is 0 Å². The van der Waals surface area contributed by atoms with Crippen LogP contribution in [0.2, 0.25) is 0 Å². The van der Waals surface area contributed by atoms with Crippen LogP contribution < -0.4 is 10.6 Å². The average molecular weight is 338 g/mol. The minimum atomic E-state index is -0.166. The first-order chi connectivity index (χ1) is 12.2. The quantitative estimate of drug-likeness (QED) is 0.583. The number of nitrogens with zero attached hydrogens (tertiary/aromatic N) is 3. The first kappa shape index (κ1) is 15.8. The zero-order valence-corrected chi connectivity index (χ0v) is 14.2. The van der Waals surface area contributed by atoms with Crippen molar-refractivity contribution in [1.29, 1.82) is 0 Å². The molecule has 3 heterocycles. The van der Waals surface area contributed by atoms with Gasteiger partial charge in [-0.1, -0.05) is 0 Å². The third kappa shape index (κ3) is 3.56. The van der Waals surface area contributed by atoms with Gasteiger partial charge in [0.15, 0.2) is 5.82 Å². The molecule has 0 bridgehead atoms. The lowest BCUT2D eigenvalue weighted by atomic mass is 9.93. The molecule has 0 atom stereocenters. The van der Waals surface area contributed by atoms with Gasteiger partial charge in [-0.2, -0.15) is 5.10 Å². The van der Waals surface area contributed by atoms with Crippen LogP contribution in [-0.4, -0.2) is 37.4 Å². The number of aliphatic hydroxyl groups excluding tert-OH is 1. The molecule has 25 heavy (non-hydrogen) atoms. The fourth-order valence-electron chi connectivity index (χ4n) is 3.28. The number of rotatable bonds is 4. The summed E-state index contributed by atoms with van der Waals surface area (Å²) in [5.41, 5.74) is 1.87. The lowest BCUT2D eigenvalue weighted by Gasteiger charge is -2.27. The van der Waals surface area contributed by atoms with Crippen LogP contribution in [0.4, 0.5) is 17.5 Å². The highest BCUT2D eigenvalue weighted by Gasteiger charge is 2.20. The van der Waals surface area contributed by atoms with Gasteiger partial charge in [0.05, 0.1) is 11.6 Å². The average Bonchev–Trinajstić information content (AvgIpc) is 3.02. The Labute approximate surface area is 145 Å². The molecule has 0 aromatic carbocycles. The van der Waals surface area contributed by atoms with Crippen LogP contribution in [0.15, 0.2) is 30.5 Å². The summed E-state index contributed by atoms with van der Waals surface area (Å²) in [5, 5.41) is 24.6. The van der Waals surface area contributed by atoms with Crippen molar-refractivity contribution in [2.24, 2.45) is 0 Å². The molecular weight excluding hydrogens is 316 g/mol. The molecule has 1 saturated carbocycles. The van der Waals surface area contributed by atoms with Crippen molar-refractivity contribution in [2.75, 3.05) is 10.6 Å². The zero-order chi connectivity index (χ0) is 17.2. The Morgan fingerprint density at radius 1 is 1.16 bits per heavy atom. The van der Waals surface area contributed by atoms with Crippen LogP contribution in [0.3, 0.4) is 0 Å². The third-order valence-electron chi connectivity index (χ3n) is 4.60. The van der Waals surface area contributed by atoms with Gasteiger partial charge >= 0.3 is 0 Å². The second-order valence-corrected chi connectivity index (χ2v) is 6.64. The van der Waals surface area contributed by atoms with Crippen molar-refractivity contribution < 1.29 is 5.11 Å². The van der Waals surface area contributed by atoms with Crippen LogP contribution in [0.5, 0.6) is 0 Å². The topological polar surface area (TPSA) is 98.8 Å².